The molecule has 1 amide bonds. The SMILES string of the molecule is CCCNC(=O)c1cn(CCCN(CC)CCC2=NCCC=C2)c2ccccc12. The zero-order valence-electron chi connectivity index (χ0n) is 17.9. The van der Waals surface area contributed by atoms with Crippen molar-refractivity contribution in [3.63, 3.8) is 0 Å². The van der Waals surface area contributed by atoms with Crippen LogP contribution >= 0.6 is 0 Å². The van der Waals surface area contributed by atoms with E-state index in [1.54, 1.807) is 0 Å². The third-order valence-corrected chi connectivity index (χ3v) is 5.49. The molecule has 0 fully saturated rings. The van der Waals surface area contributed by atoms with Crippen LogP contribution in [0.25, 0.3) is 10.9 Å². The Morgan fingerprint density at radius 1 is 1.24 bits per heavy atom. The number of benzene rings is 1. The molecule has 0 aliphatic carbocycles. The molecular weight excluding hydrogens is 360 g/mol. The van der Waals surface area contributed by atoms with Crippen LogP contribution in [0.2, 0.25) is 0 Å². The molecule has 1 aliphatic heterocycles. The number of hydrogen-bond acceptors (Lipinski definition) is 3. The van der Waals surface area contributed by atoms with Gasteiger partial charge in [-0.1, -0.05) is 38.1 Å². The van der Waals surface area contributed by atoms with Crippen LogP contribution in [0.3, 0.4) is 0 Å². The molecule has 5 heteroatoms. The summed E-state index contributed by atoms with van der Waals surface area (Å²) in [5.41, 5.74) is 3.15. The van der Waals surface area contributed by atoms with E-state index in [-0.39, 0.29) is 5.91 Å². The molecule has 29 heavy (non-hydrogen) atoms. The van der Waals surface area contributed by atoms with Crippen LogP contribution < -0.4 is 5.32 Å². The first-order chi connectivity index (χ1) is 14.2. The average Bonchev–Trinajstić information content (AvgIpc) is 3.14. The number of fused-ring (bicyclic) bond motifs is 1. The first kappa shape index (κ1) is 21.3. The highest BCUT2D eigenvalue weighted by Crippen LogP contribution is 2.21. The van der Waals surface area contributed by atoms with Crippen molar-refractivity contribution in [2.45, 2.75) is 46.1 Å². The van der Waals surface area contributed by atoms with Crippen molar-refractivity contribution in [3.8, 4) is 0 Å². The predicted molar refractivity (Wildman–Crippen MR) is 122 cm³/mol. The van der Waals surface area contributed by atoms with Gasteiger partial charge in [-0.2, -0.15) is 0 Å². The van der Waals surface area contributed by atoms with Crippen LogP contribution in [-0.4, -0.2) is 53.8 Å². The third-order valence-electron chi connectivity index (χ3n) is 5.49. The normalized spacial score (nSPS) is 13.8. The molecule has 2 aromatic rings. The van der Waals surface area contributed by atoms with Gasteiger partial charge < -0.3 is 14.8 Å². The van der Waals surface area contributed by atoms with Gasteiger partial charge >= 0.3 is 0 Å². The van der Waals surface area contributed by atoms with Crippen molar-refractivity contribution in [2.75, 3.05) is 32.7 Å². The molecule has 1 aliphatic rings. The second-order valence-corrected chi connectivity index (χ2v) is 7.61. The molecule has 0 saturated carbocycles. The molecule has 3 rings (SSSR count). The van der Waals surface area contributed by atoms with Gasteiger partial charge in [0.25, 0.3) is 5.91 Å². The van der Waals surface area contributed by atoms with E-state index in [2.05, 4.69) is 51.8 Å². The number of nitrogens with one attached hydrogen (secondary N) is 1. The summed E-state index contributed by atoms with van der Waals surface area (Å²) in [4.78, 5) is 19.6. The van der Waals surface area contributed by atoms with E-state index >= 15 is 0 Å². The zero-order valence-corrected chi connectivity index (χ0v) is 17.9. The maximum Gasteiger partial charge on any atom is 0.253 e. The number of carbonyl (C=O) groups excluding carboxylic acids is 1. The number of rotatable bonds is 11. The number of allylic oxidation sites excluding steroid dienone is 1. The Hall–Kier alpha value is -2.40. The summed E-state index contributed by atoms with van der Waals surface area (Å²) in [5, 5.41) is 4.05. The Labute approximate surface area is 174 Å². The van der Waals surface area contributed by atoms with Crippen molar-refractivity contribution in [1.82, 2.24) is 14.8 Å². The van der Waals surface area contributed by atoms with Gasteiger partial charge in [-0.25, -0.2) is 0 Å². The number of dihydropyridines is 1. The van der Waals surface area contributed by atoms with E-state index in [4.69, 9.17) is 0 Å². The fourth-order valence-corrected chi connectivity index (χ4v) is 3.83. The molecule has 2 heterocycles. The van der Waals surface area contributed by atoms with E-state index in [0.717, 1.165) is 74.9 Å². The zero-order chi connectivity index (χ0) is 20.5. The first-order valence-corrected chi connectivity index (χ1v) is 11.0. The molecule has 1 aromatic carbocycles. The lowest BCUT2D eigenvalue weighted by atomic mass is 10.1. The minimum Gasteiger partial charge on any atom is -0.352 e. The van der Waals surface area contributed by atoms with Crippen LogP contribution in [0, 0.1) is 0 Å². The van der Waals surface area contributed by atoms with Gasteiger partial charge in [0.1, 0.15) is 0 Å². The number of amides is 1. The number of aryl methyl sites for hydroxylation is 1. The fourth-order valence-electron chi connectivity index (χ4n) is 3.83. The minimum atomic E-state index is 0.0262. The first-order valence-electron chi connectivity index (χ1n) is 11.0. The molecule has 0 saturated heterocycles. The minimum absolute atomic E-state index is 0.0262. The topological polar surface area (TPSA) is 49.6 Å². The fraction of sp³-hybridized carbons (Fsp3) is 0.500. The highest BCUT2D eigenvalue weighted by atomic mass is 16.1. The van der Waals surface area contributed by atoms with Crippen molar-refractivity contribution in [2.24, 2.45) is 4.99 Å². The smallest absolute Gasteiger partial charge is 0.253 e. The van der Waals surface area contributed by atoms with Gasteiger partial charge in [0.15, 0.2) is 0 Å². The summed E-state index contributed by atoms with van der Waals surface area (Å²) in [5.74, 6) is 0.0262. The van der Waals surface area contributed by atoms with E-state index in [9.17, 15) is 4.79 Å². The summed E-state index contributed by atoms with van der Waals surface area (Å²) < 4.78 is 2.23. The number of nitrogens with zero attached hydrogens (tertiary/aromatic N) is 3. The molecule has 0 unspecified atom stereocenters. The summed E-state index contributed by atoms with van der Waals surface area (Å²) in [6.45, 7) is 10.0. The maximum atomic E-state index is 12.5. The number of hydrogen-bond donors (Lipinski definition) is 1. The van der Waals surface area contributed by atoms with Crippen LogP contribution in [0.4, 0.5) is 0 Å². The van der Waals surface area contributed by atoms with Crippen molar-refractivity contribution in [1.29, 1.82) is 0 Å². The van der Waals surface area contributed by atoms with Gasteiger partial charge in [0, 0.05) is 55.4 Å². The third kappa shape index (κ3) is 5.80. The van der Waals surface area contributed by atoms with Crippen LogP contribution in [0.1, 0.15) is 49.9 Å². The standard InChI is InChI=1S/C24H34N4O/c1-3-14-26-24(29)22-19-28(23-12-6-5-11-21(22)23)17-9-16-27(4-2)18-13-20-10-7-8-15-25-20/h5-7,10-12,19H,3-4,8-9,13-18H2,1-2H3,(H,26,29). The Morgan fingerprint density at radius 3 is 2.86 bits per heavy atom. The number of carbonyl (C=O) groups is 1. The monoisotopic (exact) mass is 394 g/mol. The quantitative estimate of drug-likeness (QED) is 0.618. The lowest BCUT2D eigenvalue weighted by molar-refractivity contribution is 0.0955. The highest BCUT2D eigenvalue weighted by molar-refractivity contribution is 6.07. The van der Waals surface area contributed by atoms with Gasteiger partial charge in [-0.3, -0.25) is 9.79 Å². The lowest BCUT2D eigenvalue weighted by Gasteiger charge is -2.21. The summed E-state index contributed by atoms with van der Waals surface area (Å²) in [7, 11) is 0. The second kappa shape index (κ2) is 11.0. The Balaban J connectivity index is 1.58. The van der Waals surface area contributed by atoms with Crippen LogP contribution in [0.5, 0.6) is 0 Å². The molecular formula is C24H34N4O. The van der Waals surface area contributed by atoms with Gasteiger partial charge in [-0.05, 0) is 44.5 Å². The molecule has 0 radical (unpaired) electrons. The van der Waals surface area contributed by atoms with Crippen molar-refractivity contribution >= 4 is 22.5 Å². The molecule has 156 valence electrons. The lowest BCUT2D eigenvalue weighted by Crippen LogP contribution is -2.28. The summed E-state index contributed by atoms with van der Waals surface area (Å²) >= 11 is 0. The average molecular weight is 395 g/mol. The van der Waals surface area contributed by atoms with Crippen molar-refractivity contribution < 1.29 is 4.79 Å². The number of aromatic nitrogens is 1. The van der Waals surface area contributed by atoms with E-state index in [0.29, 0.717) is 6.54 Å². The molecule has 0 atom stereocenters. The largest absolute Gasteiger partial charge is 0.352 e. The van der Waals surface area contributed by atoms with Gasteiger partial charge in [0.2, 0.25) is 0 Å². The molecule has 5 nitrogen and oxygen atoms in total. The summed E-state index contributed by atoms with van der Waals surface area (Å²) in [6, 6.07) is 8.20. The number of para-hydroxylation sites is 1. The van der Waals surface area contributed by atoms with E-state index in [1.165, 1.54) is 5.71 Å². The van der Waals surface area contributed by atoms with Crippen molar-refractivity contribution in [3.05, 3.63) is 48.2 Å². The second-order valence-electron chi connectivity index (χ2n) is 7.61. The predicted octanol–water partition coefficient (Wildman–Crippen LogP) is 4.28. The molecule has 0 bridgehead atoms. The van der Waals surface area contributed by atoms with E-state index in [1.807, 2.05) is 24.4 Å². The maximum absolute atomic E-state index is 12.5. The van der Waals surface area contributed by atoms with Gasteiger partial charge in [0.05, 0.1) is 5.56 Å². The van der Waals surface area contributed by atoms with Gasteiger partial charge in [-0.15, -0.1) is 0 Å². The van der Waals surface area contributed by atoms with Crippen LogP contribution in [-0.2, 0) is 6.54 Å². The number of aliphatic imine (C=N–C) groups is 1. The summed E-state index contributed by atoms with van der Waals surface area (Å²) in [6.07, 6.45) is 10.5. The molecule has 1 N–H and O–H groups in total. The van der Waals surface area contributed by atoms with E-state index < -0.39 is 0 Å². The highest BCUT2D eigenvalue weighted by Gasteiger charge is 2.14. The Bertz CT molecular complexity index is 865. The Morgan fingerprint density at radius 2 is 2.10 bits per heavy atom. The van der Waals surface area contributed by atoms with Crippen LogP contribution in [0.15, 0.2) is 47.6 Å². The molecule has 0 spiro atoms. The molecule has 1 aromatic heterocycles. The Kier molecular flexibility index (Phi) is 8.05.